The Morgan fingerprint density at radius 2 is 1.90 bits per heavy atom. The number of anilines is 1. The molecule has 0 atom stereocenters. The summed E-state index contributed by atoms with van der Waals surface area (Å²) in [5, 5.41) is 0. The van der Waals surface area contributed by atoms with Crippen molar-refractivity contribution in [1.29, 1.82) is 0 Å². The number of ether oxygens (including phenoxy) is 1. The van der Waals surface area contributed by atoms with Crippen molar-refractivity contribution in [3.63, 3.8) is 0 Å². The lowest BCUT2D eigenvalue weighted by atomic mass is 10.2. The van der Waals surface area contributed by atoms with Gasteiger partial charge in [-0.05, 0) is 42.8 Å². The SMILES string of the molecule is CCN(CCOc1ccc(CN)cc1)c1cccc(F)c1. The molecule has 0 aliphatic rings. The van der Waals surface area contributed by atoms with Crippen LogP contribution >= 0.6 is 0 Å². The number of nitrogens with two attached hydrogens (primary N) is 1. The van der Waals surface area contributed by atoms with Gasteiger partial charge in [0.05, 0.1) is 6.54 Å². The zero-order valence-corrected chi connectivity index (χ0v) is 12.3. The molecule has 0 amide bonds. The molecular formula is C17H21FN2O. The van der Waals surface area contributed by atoms with Crippen molar-refractivity contribution in [2.45, 2.75) is 13.5 Å². The molecule has 0 radical (unpaired) electrons. The first-order valence-electron chi connectivity index (χ1n) is 7.15. The summed E-state index contributed by atoms with van der Waals surface area (Å²) in [6.45, 7) is 4.63. The first-order valence-corrected chi connectivity index (χ1v) is 7.15. The molecule has 2 N–H and O–H groups in total. The van der Waals surface area contributed by atoms with Crippen LogP contribution in [-0.2, 0) is 6.54 Å². The van der Waals surface area contributed by atoms with Crippen LogP contribution in [0.5, 0.6) is 5.75 Å². The Bertz CT molecular complexity index is 557. The summed E-state index contributed by atoms with van der Waals surface area (Å²) in [7, 11) is 0. The molecular weight excluding hydrogens is 267 g/mol. The topological polar surface area (TPSA) is 38.5 Å². The van der Waals surface area contributed by atoms with Gasteiger partial charge in [0.15, 0.2) is 0 Å². The number of hydrogen-bond donors (Lipinski definition) is 1. The summed E-state index contributed by atoms with van der Waals surface area (Å²) >= 11 is 0. The minimum atomic E-state index is -0.218. The molecule has 4 heteroatoms. The fraction of sp³-hybridized carbons (Fsp3) is 0.294. The van der Waals surface area contributed by atoms with Crippen molar-refractivity contribution in [3.05, 3.63) is 59.9 Å². The van der Waals surface area contributed by atoms with Crippen LogP contribution in [-0.4, -0.2) is 19.7 Å². The van der Waals surface area contributed by atoms with Gasteiger partial charge in [0, 0.05) is 18.8 Å². The molecule has 0 aliphatic carbocycles. The third-order valence-corrected chi connectivity index (χ3v) is 3.34. The molecule has 2 aromatic rings. The summed E-state index contributed by atoms with van der Waals surface area (Å²) in [6.07, 6.45) is 0. The minimum absolute atomic E-state index is 0.218. The van der Waals surface area contributed by atoms with Crippen LogP contribution in [0.25, 0.3) is 0 Å². The monoisotopic (exact) mass is 288 g/mol. The maximum Gasteiger partial charge on any atom is 0.125 e. The Balaban J connectivity index is 1.88. The van der Waals surface area contributed by atoms with Gasteiger partial charge in [-0.2, -0.15) is 0 Å². The Kier molecular flexibility index (Phi) is 5.58. The van der Waals surface area contributed by atoms with Crippen molar-refractivity contribution in [2.24, 2.45) is 5.73 Å². The highest BCUT2D eigenvalue weighted by Gasteiger charge is 2.05. The van der Waals surface area contributed by atoms with E-state index < -0.39 is 0 Å². The lowest BCUT2D eigenvalue weighted by Gasteiger charge is -2.23. The summed E-state index contributed by atoms with van der Waals surface area (Å²) in [4.78, 5) is 2.08. The summed E-state index contributed by atoms with van der Waals surface area (Å²) in [5.74, 6) is 0.603. The Labute approximate surface area is 125 Å². The molecule has 0 bridgehead atoms. The van der Waals surface area contributed by atoms with Crippen molar-refractivity contribution >= 4 is 5.69 Å². The molecule has 3 nitrogen and oxygen atoms in total. The Morgan fingerprint density at radius 1 is 1.14 bits per heavy atom. The number of likely N-dealkylation sites (N-methyl/N-ethyl adjacent to an activating group) is 1. The normalized spacial score (nSPS) is 10.4. The summed E-state index contributed by atoms with van der Waals surface area (Å²) < 4.78 is 19.0. The van der Waals surface area contributed by atoms with Crippen LogP contribution in [0.15, 0.2) is 48.5 Å². The van der Waals surface area contributed by atoms with Gasteiger partial charge in [0.1, 0.15) is 18.2 Å². The first-order chi connectivity index (χ1) is 10.2. The van der Waals surface area contributed by atoms with Crippen LogP contribution in [0, 0.1) is 5.82 Å². The number of nitrogens with zero attached hydrogens (tertiary/aromatic N) is 1. The van der Waals surface area contributed by atoms with Gasteiger partial charge in [-0.3, -0.25) is 0 Å². The average molecular weight is 288 g/mol. The molecule has 0 aromatic heterocycles. The van der Waals surface area contributed by atoms with Gasteiger partial charge in [0.2, 0.25) is 0 Å². The second-order valence-electron chi connectivity index (χ2n) is 4.76. The van der Waals surface area contributed by atoms with Gasteiger partial charge >= 0.3 is 0 Å². The molecule has 2 rings (SSSR count). The number of rotatable bonds is 7. The van der Waals surface area contributed by atoms with Crippen molar-refractivity contribution in [2.75, 3.05) is 24.6 Å². The van der Waals surface area contributed by atoms with Crippen molar-refractivity contribution in [3.8, 4) is 5.75 Å². The third-order valence-electron chi connectivity index (χ3n) is 3.34. The largest absolute Gasteiger partial charge is 0.492 e. The van der Waals surface area contributed by atoms with Gasteiger partial charge in [-0.25, -0.2) is 4.39 Å². The van der Waals surface area contributed by atoms with Gasteiger partial charge in [-0.15, -0.1) is 0 Å². The molecule has 21 heavy (non-hydrogen) atoms. The lowest BCUT2D eigenvalue weighted by Crippen LogP contribution is -2.28. The highest BCUT2D eigenvalue weighted by molar-refractivity contribution is 5.46. The molecule has 0 saturated heterocycles. The van der Waals surface area contributed by atoms with Gasteiger partial charge < -0.3 is 15.4 Å². The molecule has 0 fully saturated rings. The summed E-state index contributed by atoms with van der Waals surface area (Å²) in [5.41, 5.74) is 7.51. The highest BCUT2D eigenvalue weighted by atomic mass is 19.1. The minimum Gasteiger partial charge on any atom is -0.492 e. The fourth-order valence-corrected chi connectivity index (χ4v) is 2.14. The zero-order chi connectivity index (χ0) is 15.1. The Morgan fingerprint density at radius 3 is 2.52 bits per heavy atom. The number of benzene rings is 2. The van der Waals surface area contributed by atoms with E-state index >= 15 is 0 Å². The molecule has 0 spiro atoms. The number of hydrogen-bond acceptors (Lipinski definition) is 3. The predicted molar refractivity (Wildman–Crippen MR) is 84.1 cm³/mol. The van der Waals surface area contributed by atoms with Crippen LogP contribution in [0.4, 0.5) is 10.1 Å². The number of halogens is 1. The molecule has 2 aromatic carbocycles. The van der Waals surface area contributed by atoms with E-state index in [-0.39, 0.29) is 5.82 Å². The highest BCUT2D eigenvalue weighted by Crippen LogP contribution is 2.16. The van der Waals surface area contributed by atoms with Crippen molar-refractivity contribution < 1.29 is 9.13 Å². The fourth-order valence-electron chi connectivity index (χ4n) is 2.14. The molecule has 0 heterocycles. The van der Waals surface area contributed by atoms with Gasteiger partial charge in [-0.1, -0.05) is 18.2 Å². The van der Waals surface area contributed by atoms with Crippen LogP contribution in [0.3, 0.4) is 0 Å². The zero-order valence-electron chi connectivity index (χ0n) is 12.3. The maximum absolute atomic E-state index is 13.3. The van der Waals surface area contributed by atoms with Crippen molar-refractivity contribution in [1.82, 2.24) is 0 Å². The summed E-state index contributed by atoms with van der Waals surface area (Å²) in [6, 6.07) is 14.4. The van der Waals surface area contributed by atoms with Gasteiger partial charge in [0.25, 0.3) is 0 Å². The van der Waals surface area contributed by atoms with E-state index in [4.69, 9.17) is 10.5 Å². The van der Waals surface area contributed by atoms with E-state index in [0.29, 0.717) is 19.7 Å². The van der Waals surface area contributed by atoms with Crippen LogP contribution in [0.1, 0.15) is 12.5 Å². The molecule has 0 aliphatic heterocycles. The second-order valence-corrected chi connectivity index (χ2v) is 4.76. The van der Waals surface area contributed by atoms with E-state index in [1.807, 2.05) is 37.3 Å². The second kappa shape index (κ2) is 7.64. The lowest BCUT2D eigenvalue weighted by molar-refractivity contribution is 0.324. The predicted octanol–water partition coefficient (Wildman–Crippen LogP) is 3.19. The standard InChI is InChI=1S/C17H21FN2O/c1-2-20(16-5-3-4-15(18)12-16)10-11-21-17-8-6-14(13-19)7-9-17/h3-9,12H,2,10-11,13,19H2,1H3. The van der Waals surface area contributed by atoms with E-state index in [1.54, 1.807) is 12.1 Å². The maximum atomic E-state index is 13.3. The van der Waals surface area contributed by atoms with E-state index in [1.165, 1.54) is 6.07 Å². The van der Waals surface area contributed by atoms with Crippen LogP contribution < -0.4 is 15.4 Å². The van der Waals surface area contributed by atoms with E-state index in [9.17, 15) is 4.39 Å². The average Bonchev–Trinajstić information content (AvgIpc) is 2.52. The Hall–Kier alpha value is -2.07. The quantitative estimate of drug-likeness (QED) is 0.850. The molecule has 112 valence electrons. The molecule has 0 unspecified atom stereocenters. The van der Waals surface area contributed by atoms with E-state index in [0.717, 1.165) is 23.5 Å². The molecule has 0 saturated carbocycles. The van der Waals surface area contributed by atoms with Crippen LogP contribution in [0.2, 0.25) is 0 Å². The first kappa shape index (κ1) is 15.3. The smallest absolute Gasteiger partial charge is 0.125 e. The third kappa shape index (κ3) is 4.46. The van der Waals surface area contributed by atoms with E-state index in [2.05, 4.69) is 4.90 Å².